The second kappa shape index (κ2) is 7.87. The molecule has 0 unspecified atom stereocenters. The first-order valence-electron chi connectivity index (χ1n) is 9.43. The number of amides is 2. The Balaban J connectivity index is 1.61. The van der Waals surface area contributed by atoms with E-state index < -0.39 is 11.7 Å². The van der Waals surface area contributed by atoms with Crippen LogP contribution in [0.4, 0.5) is 8.78 Å². The molecule has 3 heterocycles. The van der Waals surface area contributed by atoms with Crippen LogP contribution in [0.15, 0.2) is 42.6 Å². The Morgan fingerprint density at radius 3 is 2.72 bits per heavy atom. The van der Waals surface area contributed by atoms with Crippen LogP contribution in [-0.4, -0.2) is 59.9 Å². The summed E-state index contributed by atoms with van der Waals surface area (Å²) in [6.07, 6.45) is 1.38. The minimum atomic E-state index is -0.659. The number of pyridine rings is 1. The number of hydrogen-bond donors (Lipinski definition) is 0. The Bertz CT molecular complexity index is 939. The average Bonchev–Trinajstić information content (AvgIpc) is 3.26. The minimum absolute atomic E-state index is 0.0137. The van der Waals surface area contributed by atoms with E-state index in [1.807, 2.05) is 0 Å². The molecule has 0 spiro atoms. The van der Waals surface area contributed by atoms with Gasteiger partial charge in [-0.15, -0.1) is 0 Å². The number of halogens is 2. The Labute approximate surface area is 167 Å². The third-order valence-corrected chi connectivity index (χ3v) is 5.69. The van der Waals surface area contributed by atoms with Crippen LogP contribution in [0, 0.1) is 23.5 Å². The van der Waals surface area contributed by atoms with Gasteiger partial charge in [0.05, 0.1) is 6.04 Å². The number of fused-ring (bicyclic) bond motifs is 1. The fourth-order valence-corrected chi connectivity index (χ4v) is 4.48. The second-order valence-electron chi connectivity index (χ2n) is 7.45. The summed E-state index contributed by atoms with van der Waals surface area (Å²) in [7, 11) is 1.45. The highest BCUT2D eigenvalue weighted by Crippen LogP contribution is 2.45. The van der Waals surface area contributed by atoms with Crippen molar-refractivity contribution in [3.63, 3.8) is 0 Å². The van der Waals surface area contributed by atoms with Gasteiger partial charge in [0.15, 0.2) is 11.5 Å². The first-order chi connectivity index (χ1) is 14.0. The monoisotopic (exact) mass is 401 g/mol. The number of carbonyl (C=O) groups is 2. The zero-order valence-electron chi connectivity index (χ0n) is 15.9. The van der Waals surface area contributed by atoms with Gasteiger partial charge in [-0.3, -0.25) is 9.59 Å². The molecule has 2 saturated heterocycles. The maximum Gasteiger partial charge on any atom is 0.275 e. The highest BCUT2D eigenvalue weighted by Gasteiger charge is 2.50. The summed E-state index contributed by atoms with van der Waals surface area (Å²) in [6, 6.07) is 8.44. The smallest absolute Gasteiger partial charge is 0.275 e. The van der Waals surface area contributed by atoms with Crippen molar-refractivity contribution in [2.45, 2.75) is 6.04 Å². The van der Waals surface area contributed by atoms with Crippen molar-refractivity contribution >= 4 is 11.8 Å². The van der Waals surface area contributed by atoms with E-state index >= 15 is 0 Å². The number of likely N-dealkylation sites (tertiary alicyclic amines) is 2. The quantitative estimate of drug-likeness (QED) is 0.789. The molecule has 0 saturated carbocycles. The second-order valence-corrected chi connectivity index (χ2v) is 7.45. The van der Waals surface area contributed by atoms with Gasteiger partial charge in [-0.25, -0.2) is 13.8 Å². The molecule has 0 bridgehead atoms. The van der Waals surface area contributed by atoms with Crippen LogP contribution in [0.25, 0.3) is 0 Å². The molecule has 4 rings (SSSR count). The molecule has 0 N–H and O–H groups in total. The first kappa shape index (κ1) is 19.4. The fourth-order valence-electron chi connectivity index (χ4n) is 4.48. The lowest BCUT2D eigenvalue weighted by molar-refractivity contribution is -0.136. The molecule has 152 valence electrons. The molecule has 2 aliphatic heterocycles. The lowest BCUT2D eigenvalue weighted by Crippen LogP contribution is -2.39. The molecular weight excluding hydrogens is 380 g/mol. The van der Waals surface area contributed by atoms with Gasteiger partial charge in [0.1, 0.15) is 12.4 Å². The summed E-state index contributed by atoms with van der Waals surface area (Å²) < 4.78 is 32.9. The van der Waals surface area contributed by atoms with Gasteiger partial charge in [0.25, 0.3) is 5.91 Å². The van der Waals surface area contributed by atoms with Gasteiger partial charge in [-0.05, 0) is 29.8 Å². The topological polar surface area (TPSA) is 62.7 Å². The van der Waals surface area contributed by atoms with Crippen molar-refractivity contribution in [1.29, 1.82) is 0 Å². The number of rotatable bonds is 4. The SMILES string of the molecule is COCC(=O)N1C[C@H]2CN(C(=O)c3ncccc3F)C[C@H]2[C@@H]1c1cccc(F)c1. The van der Waals surface area contributed by atoms with E-state index in [1.54, 1.807) is 21.9 Å². The van der Waals surface area contributed by atoms with Crippen molar-refractivity contribution in [1.82, 2.24) is 14.8 Å². The summed E-state index contributed by atoms with van der Waals surface area (Å²) in [5.41, 5.74) is 0.474. The lowest BCUT2D eigenvalue weighted by atomic mass is 9.89. The molecule has 1 aromatic carbocycles. The maximum absolute atomic E-state index is 14.0. The lowest BCUT2D eigenvalue weighted by Gasteiger charge is -2.30. The van der Waals surface area contributed by atoms with E-state index in [0.29, 0.717) is 25.2 Å². The van der Waals surface area contributed by atoms with E-state index in [4.69, 9.17) is 4.74 Å². The highest BCUT2D eigenvalue weighted by atomic mass is 19.1. The molecule has 3 atom stereocenters. The zero-order chi connectivity index (χ0) is 20.5. The van der Waals surface area contributed by atoms with Crippen LogP contribution < -0.4 is 0 Å². The number of hydrogen-bond acceptors (Lipinski definition) is 4. The number of methoxy groups -OCH3 is 1. The van der Waals surface area contributed by atoms with E-state index in [1.165, 1.54) is 37.6 Å². The van der Waals surface area contributed by atoms with Gasteiger partial charge in [-0.2, -0.15) is 0 Å². The summed E-state index contributed by atoms with van der Waals surface area (Å²) in [5.74, 6) is -1.75. The Kier molecular flexibility index (Phi) is 5.27. The van der Waals surface area contributed by atoms with Gasteiger partial charge in [0.2, 0.25) is 5.91 Å². The third-order valence-electron chi connectivity index (χ3n) is 5.69. The molecule has 0 aliphatic carbocycles. The summed E-state index contributed by atoms with van der Waals surface area (Å²) in [5, 5.41) is 0. The molecule has 2 fully saturated rings. The van der Waals surface area contributed by atoms with Gasteiger partial charge in [0, 0.05) is 44.8 Å². The molecule has 29 heavy (non-hydrogen) atoms. The van der Waals surface area contributed by atoms with Crippen molar-refractivity contribution in [2.24, 2.45) is 11.8 Å². The molecule has 1 aromatic heterocycles. The van der Waals surface area contributed by atoms with Crippen molar-refractivity contribution < 1.29 is 23.1 Å². The molecule has 2 aromatic rings. The first-order valence-corrected chi connectivity index (χ1v) is 9.43. The van der Waals surface area contributed by atoms with Gasteiger partial charge in [-0.1, -0.05) is 12.1 Å². The molecular formula is C21H21F2N3O3. The number of benzene rings is 1. The Morgan fingerprint density at radius 1 is 1.17 bits per heavy atom. The zero-order valence-corrected chi connectivity index (χ0v) is 15.9. The maximum atomic E-state index is 14.0. The van der Waals surface area contributed by atoms with Crippen molar-refractivity contribution in [3.05, 3.63) is 65.5 Å². The summed E-state index contributed by atoms with van der Waals surface area (Å²) in [6.45, 7) is 1.11. The molecule has 2 amide bonds. The number of nitrogens with zero attached hydrogens (tertiary/aromatic N) is 3. The molecule has 2 aliphatic rings. The summed E-state index contributed by atoms with van der Waals surface area (Å²) >= 11 is 0. The summed E-state index contributed by atoms with van der Waals surface area (Å²) in [4.78, 5) is 32.5. The van der Waals surface area contributed by atoms with Crippen LogP contribution in [0.1, 0.15) is 22.1 Å². The molecule has 8 heteroatoms. The van der Waals surface area contributed by atoms with E-state index in [9.17, 15) is 18.4 Å². The molecule has 0 radical (unpaired) electrons. The third kappa shape index (κ3) is 3.60. The van der Waals surface area contributed by atoms with E-state index in [-0.39, 0.29) is 41.9 Å². The predicted molar refractivity (Wildman–Crippen MR) is 99.8 cm³/mol. The Morgan fingerprint density at radius 2 is 2.00 bits per heavy atom. The standard InChI is InChI=1S/C21H21F2N3O3/c1-29-12-18(27)26-10-14-9-25(21(28)19-17(23)6-3-7-24-19)11-16(14)20(26)13-4-2-5-15(22)8-13/h2-8,14,16,20H,9-12H2,1H3/t14-,16-,20+/m1/s1. The van der Waals surface area contributed by atoms with Crippen LogP contribution in [0.3, 0.4) is 0 Å². The van der Waals surface area contributed by atoms with Crippen LogP contribution >= 0.6 is 0 Å². The van der Waals surface area contributed by atoms with Crippen molar-refractivity contribution in [2.75, 3.05) is 33.4 Å². The van der Waals surface area contributed by atoms with Crippen LogP contribution in [0.5, 0.6) is 0 Å². The predicted octanol–water partition coefficient (Wildman–Crippen LogP) is 2.28. The number of aromatic nitrogens is 1. The van der Waals surface area contributed by atoms with Crippen LogP contribution in [0.2, 0.25) is 0 Å². The average molecular weight is 401 g/mol. The normalized spacial score (nSPS) is 23.3. The molecule has 6 nitrogen and oxygen atoms in total. The number of carbonyl (C=O) groups excluding carboxylic acids is 2. The number of ether oxygens (including phenoxy) is 1. The van der Waals surface area contributed by atoms with Gasteiger partial charge < -0.3 is 14.5 Å². The van der Waals surface area contributed by atoms with Gasteiger partial charge >= 0.3 is 0 Å². The largest absolute Gasteiger partial charge is 0.375 e. The van der Waals surface area contributed by atoms with Crippen molar-refractivity contribution in [3.8, 4) is 0 Å². The highest BCUT2D eigenvalue weighted by molar-refractivity contribution is 5.92. The van der Waals surface area contributed by atoms with E-state index in [0.717, 1.165) is 0 Å². The minimum Gasteiger partial charge on any atom is -0.375 e. The van der Waals surface area contributed by atoms with Crippen LogP contribution in [-0.2, 0) is 9.53 Å². The Hall–Kier alpha value is -2.87. The van der Waals surface area contributed by atoms with E-state index in [2.05, 4.69) is 4.98 Å². The fraction of sp³-hybridized carbons (Fsp3) is 0.381.